The predicted octanol–water partition coefficient (Wildman–Crippen LogP) is 6.93. The van der Waals surface area contributed by atoms with Crippen LogP contribution in [0.25, 0.3) is 22.3 Å². The van der Waals surface area contributed by atoms with Gasteiger partial charge in [0.25, 0.3) is 0 Å². The van der Waals surface area contributed by atoms with E-state index in [0.717, 1.165) is 59.0 Å². The van der Waals surface area contributed by atoms with Crippen molar-refractivity contribution in [2.45, 2.75) is 5.60 Å². The van der Waals surface area contributed by atoms with Gasteiger partial charge < -0.3 is 29.5 Å². The van der Waals surface area contributed by atoms with Crippen LogP contribution >= 0.6 is 31.9 Å². The summed E-state index contributed by atoms with van der Waals surface area (Å²) >= 11 is 6.91. The van der Waals surface area contributed by atoms with Gasteiger partial charge in [-0.1, -0.05) is 123 Å². The average molecular weight is 793 g/mol. The number of hydrogen-bond acceptors (Lipinski definition) is 2. The number of carbonyl (C=O) groups excluding carboxylic acids is 1. The van der Waals surface area contributed by atoms with Crippen molar-refractivity contribution in [2.75, 3.05) is 0 Å². The van der Waals surface area contributed by atoms with Crippen molar-refractivity contribution in [3.8, 4) is 22.3 Å². The van der Waals surface area contributed by atoms with E-state index in [9.17, 15) is 9.90 Å². The topological polar surface area (TPSA) is 37.3 Å². The van der Waals surface area contributed by atoms with Gasteiger partial charge in [-0.25, -0.2) is 0 Å². The van der Waals surface area contributed by atoms with Gasteiger partial charge in [0.1, 0.15) is 5.60 Å². The van der Waals surface area contributed by atoms with Crippen LogP contribution in [0.2, 0.25) is 0 Å². The molecule has 2 nitrogen and oxygen atoms in total. The Labute approximate surface area is 308 Å². The molecule has 6 heteroatoms. The minimum absolute atomic E-state index is 0. The molecular weight excluding hydrogens is 764 g/mol. The van der Waals surface area contributed by atoms with E-state index in [2.05, 4.69) is 50.1 Å². The minimum Gasteiger partial charge on any atom is -1.00 e. The Balaban J connectivity index is 0.000000202. The van der Waals surface area contributed by atoms with E-state index in [-0.39, 0.29) is 53.2 Å². The standard InChI is InChI=1S/C19H13BrO.C13H7BrO.C6H5.CH3.BrH.Mg/c20-14-10-11-16-15-8-4-5-9-17(15)19(21,18(16)12-14)13-6-2-1-3-7-13;14-8-5-6-10-9-3-1-2-4-11(9)13(15)12(10)7-8;1-2-4-6-5-3-1;;;/h1-12,21H;1-7H;1-5H;1H3;1H;/q;;2*-1;;+2/p-1. The van der Waals surface area contributed by atoms with Crippen molar-refractivity contribution in [3.63, 3.8) is 0 Å². The van der Waals surface area contributed by atoms with Crippen molar-refractivity contribution in [3.05, 3.63) is 196 Å². The zero-order chi connectivity index (χ0) is 29.1. The molecule has 0 radical (unpaired) electrons. The molecule has 0 spiro atoms. The molecule has 0 aromatic heterocycles. The summed E-state index contributed by atoms with van der Waals surface area (Å²) in [5.41, 5.74) is 7.59. The summed E-state index contributed by atoms with van der Waals surface area (Å²) in [6.07, 6.45) is 0. The molecule has 220 valence electrons. The Bertz CT molecular complexity index is 1870. The molecule has 6 aromatic carbocycles. The van der Waals surface area contributed by atoms with Crippen LogP contribution in [0, 0.1) is 13.5 Å². The summed E-state index contributed by atoms with van der Waals surface area (Å²) in [4.78, 5) is 12.0. The Morgan fingerprint density at radius 3 is 1.64 bits per heavy atom. The molecule has 45 heavy (non-hydrogen) atoms. The van der Waals surface area contributed by atoms with Gasteiger partial charge >= 0.3 is 23.1 Å². The SMILES string of the molecule is O=C1c2ccccc2-c2ccc(Br)cc21.OC1(c2ccccc2)c2ccccc2-c2ccc(Br)cc21.[Br-].[CH3-].[Mg+2].[c-]1ccccc1. The van der Waals surface area contributed by atoms with Gasteiger partial charge in [0.05, 0.1) is 0 Å². The van der Waals surface area contributed by atoms with Gasteiger partial charge in [-0.05, 0) is 52.1 Å². The van der Waals surface area contributed by atoms with Crippen LogP contribution in [-0.4, -0.2) is 33.9 Å². The zero-order valence-electron chi connectivity index (χ0n) is 24.6. The van der Waals surface area contributed by atoms with E-state index in [0.29, 0.717) is 0 Å². The van der Waals surface area contributed by atoms with Crippen molar-refractivity contribution in [1.29, 1.82) is 0 Å². The number of benzene rings is 6. The number of halogens is 3. The fourth-order valence-corrected chi connectivity index (χ4v) is 6.28. The number of hydrogen-bond donors (Lipinski definition) is 1. The third-order valence-corrected chi connectivity index (χ3v) is 8.45. The maximum atomic E-state index is 12.0. The Hall–Kier alpha value is -2.84. The van der Waals surface area contributed by atoms with E-state index in [1.165, 1.54) is 0 Å². The second-order valence-electron chi connectivity index (χ2n) is 9.95. The smallest absolute Gasteiger partial charge is 1.00 e. The number of carbonyl (C=O) groups is 1. The largest absolute Gasteiger partial charge is 2.00 e. The van der Waals surface area contributed by atoms with Gasteiger partial charge in [-0.15, -0.1) is 0 Å². The van der Waals surface area contributed by atoms with E-state index in [1.807, 2.05) is 133 Å². The third-order valence-electron chi connectivity index (χ3n) is 7.47. The number of aliphatic hydroxyl groups is 1. The number of rotatable bonds is 1. The number of fused-ring (bicyclic) bond motifs is 6. The van der Waals surface area contributed by atoms with Crippen LogP contribution in [-0.2, 0) is 5.60 Å². The maximum Gasteiger partial charge on any atom is 2.00 e. The van der Waals surface area contributed by atoms with Gasteiger partial charge in [0.2, 0.25) is 0 Å². The van der Waals surface area contributed by atoms with Gasteiger partial charge in [-0.2, -0.15) is 36.4 Å². The summed E-state index contributed by atoms with van der Waals surface area (Å²) in [6.45, 7) is 0. The summed E-state index contributed by atoms with van der Waals surface area (Å²) in [7, 11) is 0. The Kier molecular flexibility index (Phi) is 13.1. The molecule has 1 N–H and O–H groups in total. The molecule has 0 amide bonds. The van der Waals surface area contributed by atoms with Crippen LogP contribution in [0.4, 0.5) is 0 Å². The quantitative estimate of drug-likeness (QED) is 0.145. The van der Waals surface area contributed by atoms with E-state index in [1.54, 1.807) is 0 Å². The van der Waals surface area contributed by atoms with E-state index in [4.69, 9.17) is 0 Å². The second kappa shape index (κ2) is 16.1. The van der Waals surface area contributed by atoms with Gasteiger partial charge in [-0.3, -0.25) is 4.79 Å². The molecule has 0 saturated carbocycles. The molecule has 1 unspecified atom stereocenters. The molecule has 0 aliphatic heterocycles. The number of ketones is 1. The third kappa shape index (κ3) is 7.27. The second-order valence-corrected chi connectivity index (χ2v) is 11.8. The normalized spacial score (nSPS) is 14.2. The molecule has 8 rings (SSSR count). The molecule has 2 aliphatic carbocycles. The van der Waals surface area contributed by atoms with Crippen LogP contribution in [0.3, 0.4) is 0 Å². The minimum atomic E-state index is -1.09. The summed E-state index contributed by atoms with van der Waals surface area (Å²) in [5, 5.41) is 11.6. The molecule has 0 fully saturated rings. The van der Waals surface area contributed by atoms with Gasteiger partial charge in [0, 0.05) is 31.2 Å². The first-order chi connectivity index (χ1) is 20.5. The molecule has 6 aromatic rings. The van der Waals surface area contributed by atoms with Crippen LogP contribution in [0.1, 0.15) is 32.6 Å². The van der Waals surface area contributed by atoms with Crippen LogP contribution in [0.5, 0.6) is 0 Å². The first-order valence-electron chi connectivity index (χ1n) is 13.5. The van der Waals surface area contributed by atoms with Crippen LogP contribution < -0.4 is 17.0 Å². The molecule has 0 saturated heterocycles. The predicted molar refractivity (Wildman–Crippen MR) is 189 cm³/mol. The van der Waals surface area contributed by atoms with Crippen molar-refractivity contribution in [2.24, 2.45) is 0 Å². The van der Waals surface area contributed by atoms with E-state index >= 15 is 0 Å². The average Bonchev–Trinajstić information content (AvgIpc) is 3.47. The van der Waals surface area contributed by atoms with Crippen molar-refractivity contribution >= 4 is 60.7 Å². The van der Waals surface area contributed by atoms with Crippen molar-refractivity contribution < 1.29 is 26.9 Å². The van der Waals surface area contributed by atoms with Crippen LogP contribution in [0.15, 0.2) is 155 Å². The monoisotopic (exact) mass is 789 g/mol. The fourth-order valence-electron chi connectivity index (χ4n) is 5.56. The van der Waals surface area contributed by atoms with Crippen molar-refractivity contribution in [1.82, 2.24) is 0 Å². The molecule has 0 heterocycles. The Morgan fingerprint density at radius 2 is 1.02 bits per heavy atom. The summed E-state index contributed by atoms with van der Waals surface area (Å²) in [6, 6.07) is 50.1. The maximum absolute atomic E-state index is 12.0. The summed E-state index contributed by atoms with van der Waals surface area (Å²) < 4.78 is 1.92. The fraction of sp³-hybridized carbons (Fsp3) is 0.0256. The zero-order valence-corrected chi connectivity index (χ0v) is 30.7. The first-order valence-corrected chi connectivity index (χ1v) is 15.1. The molecule has 1 atom stereocenters. The molecular formula is C39H28Br3MgO2-. The molecule has 2 aliphatic rings. The van der Waals surface area contributed by atoms with E-state index < -0.39 is 5.60 Å². The first kappa shape index (κ1) is 36.6. The Morgan fingerprint density at radius 1 is 0.533 bits per heavy atom. The van der Waals surface area contributed by atoms with Gasteiger partial charge in [0.15, 0.2) is 5.78 Å². The summed E-state index contributed by atoms with van der Waals surface area (Å²) in [5.74, 6) is 0.127. The molecule has 0 bridgehead atoms.